The summed E-state index contributed by atoms with van der Waals surface area (Å²) in [7, 11) is 0. The van der Waals surface area contributed by atoms with Crippen molar-refractivity contribution in [2.45, 2.75) is 33.8 Å². The van der Waals surface area contributed by atoms with Gasteiger partial charge in [-0.3, -0.25) is 4.79 Å². The summed E-state index contributed by atoms with van der Waals surface area (Å²) in [5, 5.41) is 3.52. The Balaban J connectivity index is 2.05. The zero-order valence-corrected chi connectivity index (χ0v) is 15.1. The number of hydrogen-bond acceptors (Lipinski definition) is 5. The zero-order valence-electron chi connectivity index (χ0n) is 14.3. The van der Waals surface area contributed by atoms with Gasteiger partial charge in [-0.05, 0) is 19.8 Å². The van der Waals surface area contributed by atoms with Gasteiger partial charge < -0.3 is 10.1 Å². The molecule has 0 aliphatic rings. The fourth-order valence-electron chi connectivity index (χ4n) is 2.01. The molecule has 2 rings (SSSR count). The average Bonchev–Trinajstić information content (AvgIpc) is 2.95. The predicted molar refractivity (Wildman–Crippen MR) is 95.0 cm³/mol. The summed E-state index contributed by atoms with van der Waals surface area (Å²) in [6, 6.07) is 9.65. The molecule has 0 aliphatic carbocycles. The van der Waals surface area contributed by atoms with Crippen molar-refractivity contribution >= 4 is 23.2 Å². The first-order valence-corrected chi connectivity index (χ1v) is 8.71. The molecule has 2 aromatic rings. The number of esters is 1. The number of amides is 1. The molecule has 0 aliphatic heterocycles. The van der Waals surface area contributed by atoms with Gasteiger partial charge in [-0.1, -0.05) is 44.2 Å². The van der Waals surface area contributed by atoms with Crippen LogP contribution in [0.1, 0.15) is 36.1 Å². The van der Waals surface area contributed by atoms with Crippen LogP contribution in [-0.4, -0.2) is 29.5 Å². The number of aryl methyl sites for hydroxylation is 1. The Morgan fingerprint density at radius 3 is 2.50 bits per heavy atom. The number of thiazole rings is 1. The maximum Gasteiger partial charge on any atom is 0.351 e. The van der Waals surface area contributed by atoms with Crippen LogP contribution in [0.5, 0.6) is 0 Å². The molecule has 1 heterocycles. The van der Waals surface area contributed by atoms with Crippen LogP contribution in [0.2, 0.25) is 0 Å². The second-order valence-electron chi connectivity index (χ2n) is 5.99. The molecule has 1 amide bonds. The Kier molecular flexibility index (Phi) is 6.09. The van der Waals surface area contributed by atoms with Crippen LogP contribution in [0.25, 0.3) is 10.6 Å². The summed E-state index contributed by atoms with van der Waals surface area (Å²) >= 11 is 1.28. The van der Waals surface area contributed by atoms with E-state index in [1.54, 1.807) is 13.8 Å². The second kappa shape index (κ2) is 8.06. The molecule has 1 N–H and O–H groups in total. The lowest BCUT2D eigenvalue weighted by Crippen LogP contribution is -2.37. The van der Waals surface area contributed by atoms with E-state index in [4.69, 9.17) is 4.74 Å². The minimum Gasteiger partial charge on any atom is -0.448 e. The van der Waals surface area contributed by atoms with Crippen LogP contribution < -0.4 is 5.32 Å². The van der Waals surface area contributed by atoms with Crippen molar-refractivity contribution in [3.05, 3.63) is 40.9 Å². The maximum atomic E-state index is 12.3. The third-order valence-corrected chi connectivity index (χ3v) is 4.53. The zero-order chi connectivity index (χ0) is 17.7. The van der Waals surface area contributed by atoms with Gasteiger partial charge in [0.2, 0.25) is 0 Å². The van der Waals surface area contributed by atoms with Crippen LogP contribution in [0.15, 0.2) is 30.3 Å². The summed E-state index contributed by atoms with van der Waals surface area (Å²) in [6.45, 7) is 7.90. The Hall–Kier alpha value is -2.21. The number of rotatable bonds is 6. The van der Waals surface area contributed by atoms with Crippen molar-refractivity contribution in [2.24, 2.45) is 5.92 Å². The van der Waals surface area contributed by atoms with Gasteiger partial charge in [0.25, 0.3) is 5.91 Å². The molecule has 1 aromatic heterocycles. The van der Waals surface area contributed by atoms with Crippen LogP contribution >= 0.6 is 11.3 Å². The quantitative estimate of drug-likeness (QED) is 0.814. The number of carbonyl (C=O) groups excluding carboxylic acids is 2. The lowest BCUT2D eigenvalue weighted by atomic mass is 10.2. The summed E-state index contributed by atoms with van der Waals surface area (Å²) < 4.78 is 5.28. The molecule has 6 heteroatoms. The van der Waals surface area contributed by atoms with E-state index in [0.717, 1.165) is 10.6 Å². The summed E-state index contributed by atoms with van der Waals surface area (Å²) in [5.41, 5.74) is 1.56. The molecule has 0 spiro atoms. The van der Waals surface area contributed by atoms with Crippen LogP contribution in [0, 0.1) is 12.8 Å². The number of benzene rings is 1. The van der Waals surface area contributed by atoms with E-state index in [-0.39, 0.29) is 5.91 Å². The van der Waals surface area contributed by atoms with Gasteiger partial charge in [-0.2, -0.15) is 0 Å². The molecule has 1 atom stereocenters. The number of nitrogens with one attached hydrogen (secondary N) is 1. The molecular weight excluding hydrogens is 324 g/mol. The first-order valence-electron chi connectivity index (χ1n) is 7.90. The van der Waals surface area contributed by atoms with Gasteiger partial charge in [-0.15, -0.1) is 11.3 Å². The molecule has 24 heavy (non-hydrogen) atoms. The summed E-state index contributed by atoms with van der Waals surface area (Å²) in [4.78, 5) is 29.1. The Labute approximate surface area is 146 Å². The van der Waals surface area contributed by atoms with Gasteiger partial charge in [0.1, 0.15) is 9.88 Å². The third-order valence-electron chi connectivity index (χ3n) is 3.34. The van der Waals surface area contributed by atoms with E-state index in [1.807, 2.05) is 44.2 Å². The largest absolute Gasteiger partial charge is 0.448 e. The third kappa shape index (κ3) is 4.64. The molecule has 5 nitrogen and oxygen atoms in total. The van der Waals surface area contributed by atoms with Gasteiger partial charge in [0.15, 0.2) is 6.10 Å². The van der Waals surface area contributed by atoms with Crippen molar-refractivity contribution in [3.63, 3.8) is 0 Å². The highest BCUT2D eigenvalue weighted by atomic mass is 32.1. The number of carbonyl (C=O) groups is 2. The molecule has 0 saturated heterocycles. The Bertz CT molecular complexity index is 710. The normalized spacial score (nSPS) is 12.0. The number of nitrogens with zero attached hydrogens (tertiary/aromatic N) is 1. The van der Waals surface area contributed by atoms with Crippen molar-refractivity contribution < 1.29 is 14.3 Å². The first kappa shape index (κ1) is 18.1. The predicted octanol–water partition coefficient (Wildman–Crippen LogP) is 3.44. The number of ether oxygens (including phenoxy) is 1. The highest BCUT2D eigenvalue weighted by Crippen LogP contribution is 2.28. The van der Waals surface area contributed by atoms with E-state index in [0.29, 0.717) is 23.0 Å². The number of aromatic nitrogens is 1. The standard InChI is InChI=1S/C18H22N2O3S/c1-11(2)10-19-16(21)13(4)23-18(22)15-12(3)20-17(24-15)14-8-6-5-7-9-14/h5-9,11,13H,10H2,1-4H3,(H,19,21)/t13-/m0/s1. The Morgan fingerprint density at radius 1 is 1.21 bits per heavy atom. The summed E-state index contributed by atoms with van der Waals surface area (Å²) in [5.74, 6) is -0.462. The van der Waals surface area contributed by atoms with Gasteiger partial charge >= 0.3 is 5.97 Å². The Morgan fingerprint density at radius 2 is 1.88 bits per heavy atom. The van der Waals surface area contributed by atoms with E-state index in [1.165, 1.54) is 11.3 Å². The first-order chi connectivity index (χ1) is 11.4. The average molecular weight is 346 g/mol. The van der Waals surface area contributed by atoms with Crippen LogP contribution in [0.3, 0.4) is 0 Å². The van der Waals surface area contributed by atoms with E-state index < -0.39 is 12.1 Å². The van der Waals surface area contributed by atoms with Crippen molar-refractivity contribution in [3.8, 4) is 10.6 Å². The van der Waals surface area contributed by atoms with E-state index >= 15 is 0 Å². The lowest BCUT2D eigenvalue weighted by Gasteiger charge is -2.14. The molecule has 0 fully saturated rings. The lowest BCUT2D eigenvalue weighted by molar-refractivity contribution is -0.129. The fraction of sp³-hybridized carbons (Fsp3) is 0.389. The van der Waals surface area contributed by atoms with Crippen molar-refractivity contribution in [1.82, 2.24) is 10.3 Å². The topological polar surface area (TPSA) is 68.3 Å². The smallest absolute Gasteiger partial charge is 0.351 e. The highest BCUT2D eigenvalue weighted by molar-refractivity contribution is 7.17. The molecule has 1 aromatic carbocycles. The monoisotopic (exact) mass is 346 g/mol. The van der Waals surface area contributed by atoms with E-state index in [9.17, 15) is 9.59 Å². The van der Waals surface area contributed by atoms with Gasteiger partial charge in [-0.25, -0.2) is 9.78 Å². The van der Waals surface area contributed by atoms with Gasteiger partial charge in [0.05, 0.1) is 5.69 Å². The van der Waals surface area contributed by atoms with Crippen molar-refractivity contribution in [2.75, 3.05) is 6.54 Å². The molecule has 0 bridgehead atoms. The van der Waals surface area contributed by atoms with Crippen LogP contribution in [0.4, 0.5) is 0 Å². The molecule has 0 radical (unpaired) electrons. The summed E-state index contributed by atoms with van der Waals surface area (Å²) in [6.07, 6.45) is -0.835. The van der Waals surface area contributed by atoms with Gasteiger partial charge in [0, 0.05) is 12.1 Å². The molecule has 0 unspecified atom stereocenters. The molecule has 0 saturated carbocycles. The van der Waals surface area contributed by atoms with E-state index in [2.05, 4.69) is 10.3 Å². The van der Waals surface area contributed by atoms with Crippen LogP contribution in [-0.2, 0) is 9.53 Å². The second-order valence-corrected chi connectivity index (χ2v) is 6.99. The minimum atomic E-state index is -0.835. The molecule has 128 valence electrons. The van der Waals surface area contributed by atoms with Crippen molar-refractivity contribution in [1.29, 1.82) is 0 Å². The maximum absolute atomic E-state index is 12.3. The fourth-order valence-corrected chi connectivity index (χ4v) is 2.96. The minimum absolute atomic E-state index is 0.289. The number of hydrogen-bond donors (Lipinski definition) is 1. The highest BCUT2D eigenvalue weighted by Gasteiger charge is 2.23. The molecular formula is C18H22N2O3S. The SMILES string of the molecule is Cc1nc(-c2ccccc2)sc1C(=O)O[C@@H](C)C(=O)NCC(C)C.